The molecule has 0 radical (unpaired) electrons. The zero-order valence-corrected chi connectivity index (χ0v) is 19.1. The number of rotatable bonds is 6. The highest BCUT2D eigenvalue weighted by Crippen LogP contribution is 2.44. The number of hydrogen-bond donors (Lipinski definition) is 3. The normalized spacial score (nSPS) is 11.8. The minimum atomic E-state index is -1.16. The summed E-state index contributed by atoms with van der Waals surface area (Å²) in [7, 11) is 0. The van der Waals surface area contributed by atoms with E-state index < -0.39 is 18.0 Å². The van der Waals surface area contributed by atoms with Crippen molar-refractivity contribution in [1.29, 1.82) is 0 Å². The Balaban J connectivity index is 1.30. The molecule has 7 nitrogen and oxygen atoms in total. The lowest BCUT2D eigenvalue weighted by molar-refractivity contribution is 0.0698. The van der Waals surface area contributed by atoms with Crippen LogP contribution in [0.15, 0.2) is 97.1 Å². The first-order valence-electron chi connectivity index (χ1n) is 11.4. The number of para-hydroxylation sites is 2. The summed E-state index contributed by atoms with van der Waals surface area (Å²) in [6.07, 6.45) is -0.692. The summed E-state index contributed by atoms with van der Waals surface area (Å²) >= 11 is 0. The SMILES string of the molecule is O=C(Nc1ccccc1C(=O)Nc1ccccc1C(=O)O)OCC1c2ccccc2-c2ccccc21. The number of carboxylic acids is 1. The number of benzene rings is 4. The van der Waals surface area contributed by atoms with Gasteiger partial charge in [-0.05, 0) is 46.5 Å². The number of carbonyl (C=O) groups is 3. The van der Waals surface area contributed by atoms with Gasteiger partial charge >= 0.3 is 12.1 Å². The van der Waals surface area contributed by atoms with Crippen LogP contribution in [0, 0.1) is 0 Å². The Kier molecular flexibility index (Phi) is 6.19. The van der Waals surface area contributed by atoms with Gasteiger partial charge in [0, 0.05) is 5.92 Å². The first kappa shape index (κ1) is 22.9. The molecule has 0 heterocycles. The molecule has 0 fully saturated rings. The Morgan fingerprint density at radius 2 is 1.17 bits per heavy atom. The van der Waals surface area contributed by atoms with Crippen molar-refractivity contribution in [2.45, 2.75) is 5.92 Å². The molecule has 5 rings (SSSR count). The minimum absolute atomic E-state index is 0.0344. The molecule has 178 valence electrons. The third-order valence-corrected chi connectivity index (χ3v) is 6.16. The van der Waals surface area contributed by atoms with E-state index in [4.69, 9.17) is 4.74 Å². The number of amides is 2. The number of carbonyl (C=O) groups excluding carboxylic acids is 2. The highest BCUT2D eigenvalue weighted by molar-refractivity contribution is 6.11. The second kappa shape index (κ2) is 9.76. The van der Waals surface area contributed by atoms with Crippen LogP contribution in [0.4, 0.5) is 16.2 Å². The van der Waals surface area contributed by atoms with Crippen molar-refractivity contribution < 1.29 is 24.2 Å². The van der Waals surface area contributed by atoms with Gasteiger partial charge in [0.05, 0.1) is 22.5 Å². The molecular formula is C29H22N2O5. The van der Waals surface area contributed by atoms with Crippen LogP contribution in [0.25, 0.3) is 11.1 Å². The molecule has 0 aromatic heterocycles. The monoisotopic (exact) mass is 478 g/mol. The third-order valence-electron chi connectivity index (χ3n) is 6.16. The van der Waals surface area contributed by atoms with Gasteiger partial charge in [-0.15, -0.1) is 0 Å². The van der Waals surface area contributed by atoms with E-state index in [9.17, 15) is 19.5 Å². The number of hydrogen-bond acceptors (Lipinski definition) is 4. The number of anilines is 2. The van der Waals surface area contributed by atoms with Crippen LogP contribution < -0.4 is 10.6 Å². The molecule has 0 aliphatic heterocycles. The van der Waals surface area contributed by atoms with Crippen LogP contribution in [-0.4, -0.2) is 29.7 Å². The number of fused-ring (bicyclic) bond motifs is 3. The summed E-state index contributed by atoms with van der Waals surface area (Å²) in [6.45, 7) is 0.139. The van der Waals surface area contributed by atoms with Gasteiger partial charge in [-0.1, -0.05) is 72.8 Å². The molecule has 0 saturated heterocycles. The summed E-state index contributed by atoms with van der Waals surface area (Å²) in [5.41, 5.74) is 5.01. The number of carboxylic acid groups (broad SMARTS) is 1. The summed E-state index contributed by atoms with van der Waals surface area (Å²) in [5, 5.41) is 14.6. The molecule has 4 aromatic carbocycles. The molecule has 36 heavy (non-hydrogen) atoms. The number of ether oxygens (including phenoxy) is 1. The Hall–Kier alpha value is -4.91. The van der Waals surface area contributed by atoms with Crippen molar-refractivity contribution in [2.24, 2.45) is 0 Å². The molecule has 1 aliphatic rings. The first-order chi connectivity index (χ1) is 17.5. The molecule has 0 saturated carbocycles. The quantitative estimate of drug-likeness (QED) is 0.315. The lowest BCUT2D eigenvalue weighted by Gasteiger charge is -2.16. The third kappa shape index (κ3) is 4.42. The smallest absolute Gasteiger partial charge is 0.411 e. The van der Waals surface area contributed by atoms with E-state index in [2.05, 4.69) is 22.8 Å². The van der Waals surface area contributed by atoms with E-state index in [-0.39, 0.29) is 35.0 Å². The summed E-state index contributed by atoms with van der Waals surface area (Å²) in [6, 6.07) is 28.7. The highest BCUT2D eigenvalue weighted by atomic mass is 16.5. The van der Waals surface area contributed by atoms with E-state index in [0.29, 0.717) is 0 Å². The van der Waals surface area contributed by atoms with Crippen molar-refractivity contribution in [2.75, 3.05) is 17.2 Å². The molecule has 7 heteroatoms. The first-order valence-corrected chi connectivity index (χ1v) is 11.4. The highest BCUT2D eigenvalue weighted by Gasteiger charge is 2.29. The lowest BCUT2D eigenvalue weighted by Crippen LogP contribution is -2.21. The topological polar surface area (TPSA) is 105 Å². The van der Waals surface area contributed by atoms with Crippen LogP contribution in [0.3, 0.4) is 0 Å². The molecule has 0 spiro atoms. The molecule has 2 amide bonds. The minimum Gasteiger partial charge on any atom is -0.478 e. The Labute approximate surface area is 207 Å². The molecule has 1 aliphatic carbocycles. The largest absolute Gasteiger partial charge is 0.478 e. The van der Waals surface area contributed by atoms with Gasteiger partial charge < -0.3 is 15.2 Å². The molecule has 0 atom stereocenters. The lowest BCUT2D eigenvalue weighted by atomic mass is 9.98. The van der Waals surface area contributed by atoms with Gasteiger partial charge in [-0.2, -0.15) is 0 Å². The van der Waals surface area contributed by atoms with Crippen LogP contribution in [0.1, 0.15) is 37.8 Å². The predicted octanol–water partition coefficient (Wildman–Crippen LogP) is 6.00. The van der Waals surface area contributed by atoms with Gasteiger partial charge in [0.25, 0.3) is 5.91 Å². The van der Waals surface area contributed by atoms with E-state index in [1.807, 2.05) is 36.4 Å². The fraction of sp³-hybridized carbons (Fsp3) is 0.0690. The number of aromatic carboxylic acids is 1. The van der Waals surface area contributed by atoms with Gasteiger partial charge in [0.2, 0.25) is 0 Å². The molecule has 3 N–H and O–H groups in total. The van der Waals surface area contributed by atoms with Crippen molar-refractivity contribution in [3.05, 3.63) is 119 Å². The summed E-state index contributed by atoms with van der Waals surface area (Å²) in [4.78, 5) is 37.1. The van der Waals surface area contributed by atoms with E-state index in [0.717, 1.165) is 22.3 Å². The zero-order valence-electron chi connectivity index (χ0n) is 19.1. The van der Waals surface area contributed by atoms with Crippen LogP contribution in [0.5, 0.6) is 0 Å². The van der Waals surface area contributed by atoms with E-state index in [1.165, 1.54) is 18.2 Å². The van der Waals surface area contributed by atoms with Crippen molar-refractivity contribution >= 4 is 29.3 Å². The van der Waals surface area contributed by atoms with Crippen LogP contribution in [-0.2, 0) is 4.74 Å². The van der Waals surface area contributed by atoms with Gasteiger partial charge in [0.1, 0.15) is 6.61 Å². The Morgan fingerprint density at radius 3 is 1.78 bits per heavy atom. The van der Waals surface area contributed by atoms with Gasteiger partial charge in [0.15, 0.2) is 0 Å². The van der Waals surface area contributed by atoms with E-state index >= 15 is 0 Å². The van der Waals surface area contributed by atoms with Crippen molar-refractivity contribution in [3.8, 4) is 11.1 Å². The molecule has 0 bridgehead atoms. The van der Waals surface area contributed by atoms with Crippen LogP contribution >= 0.6 is 0 Å². The predicted molar refractivity (Wildman–Crippen MR) is 136 cm³/mol. The van der Waals surface area contributed by atoms with Gasteiger partial charge in [-0.3, -0.25) is 10.1 Å². The maximum absolute atomic E-state index is 12.9. The second-order valence-electron chi connectivity index (χ2n) is 8.30. The molecule has 0 unspecified atom stereocenters. The van der Waals surface area contributed by atoms with Crippen LogP contribution in [0.2, 0.25) is 0 Å². The van der Waals surface area contributed by atoms with Crippen molar-refractivity contribution in [1.82, 2.24) is 0 Å². The zero-order chi connectivity index (χ0) is 25.1. The molecular weight excluding hydrogens is 456 g/mol. The standard InChI is InChI=1S/C29H22N2O5/c32-27(30-26-16-8-6-14-23(26)28(33)34)22-13-5-7-15-25(22)31-29(35)36-17-24-20-11-3-1-9-18(20)19-10-2-4-12-21(19)24/h1-16,24H,17H2,(H,30,32)(H,31,35)(H,33,34). The van der Waals surface area contributed by atoms with Gasteiger partial charge in [-0.25, -0.2) is 9.59 Å². The Bertz CT molecular complexity index is 1430. The maximum atomic E-state index is 12.9. The fourth-order valence-electron chi connectivity index (χ4n) is 4.50. The average molecular weight is 479 g/mol. The van der Waals surface area contributed by atoms with Crippen molar-refractivity contribution in [3.63, 3.8) is 0 Å². The fourth-order valence-corrected chi connectivity index (χ4v) is 4.50. The summed E-state index contributed by atoms with van der Waals surface area (Å²) in [5.74, 6) is -1.80. The van der Waals surface area contributed by atoms with E-state index in [1.54, 1.807) is 30.3 Å². The molecule has 4 aromatic rings. The average Bonchev–Trinajstić information content (AvgIpc) is 3.21. The second-order valence-corrected chi connectivity index (χ2v) is 8.30. The maximum Gasteiger partial charge on any atom is 0.411 e. The number of nitrogens with one attached hydrogen (secondary N) is 2. The summed E-state index contributed by atoms with van der Waals surface area (Å²) < 4.78 is 5.59. The Morgan fingerprint density at radius 1 is 0.667 bits per heavy atom.